The SMILES string of the molecule is O=C(O)CCNC(=O)c1cn(Cc2cccs2)nn1. The number of nitrogens with zero attached hydrogens (tertiary/aromatic N) is 3. The third kappa shape index (κ3) is 3.88. The molecular formula is C11H12N4O3S. The molecule has 1 amide bonds. The van der Waals surface area contributed by atoms with Gasteiger partial charge in [0, 0.05) is 11.4 Å². The van der Waals surface area contributed by atoms with Crippen molar-refractivity contribution in [3.05, 3.63) is 34.3 Å². The number of aliphatic carboxylic acids is 1. The minimum Gasteiger partial charge on any atom is -0.481 e. The van der Waals surface area contributed by atoms with E-state index in [0.29, 0.717) is 6.54 Å². The molecule has 0 fully saturated rings. The van der Waals surface area contributed by atoms with Crippen LogP contribution in [0.4, 0.5) is 0 Å². The predicted octanol–water partition coefficient (Wildman–Crippen LogP) is 0.592. The number of rotatable bonds is 6. The number of amides is 1. The first-order valence-electron chi connectivity index (χ1n) is 5.57. The summed E-state index contributed by atoms with van der Waals surface area (Å²) in [5.41, 5.74) is 0.182. The second-order valence-corrected chi connectivity index (χ2v) is 4.81. The Kier molecular flexibility index (Phi) is 4.24. The molecule has 2 N–H and O–H groups in total. The predicted molar refractivity (Wildman–Crippen MR) is 68.0 cm³/mol. The van der Waals surface area contributed by atoms with E-state index in [9.17, 15) is 9.59 Å². The molecule has 0 radical (unpaired) electrons. The highest BCUT2D eigenvalue weighted by molar-refractivity contribution is 7.09. The van der Waals surface area contributed by atoms with E-state index in [2.05, 4.69) is 15.6 Å². The quantitative estimate of drug-likeness (QED) is 0.807. The number of hydrogen-bond donors (Lipinski definition) is 2. The molecule has 2 heterocycles. The van der Waals surface area contributed by atoms with Gasteiger partial charge < -0.3 is 10.4 Å². The van der Waals surface area contributed by atoms with Gasteiger partial charge in [-0.15, -0.1) is 16.4 Å². The normalized spacial score (nSPS) is 10.3. The third-order valence-electron chi connectivity index (χ3n) is 2.29. The lowest BCUT2D eigenvalue weighted by molar-refractivity contribution is -0.136. The van der Waals surface area contributed by atoms with E-state index in [0.717, 1.165) is 4.88 Å². The van der Waals surface area contributed by atoms with Crippen molar-refractivity contribution >= 4 is 23.2 Å². The fourth-order valence-electron chi connectivity index (χ4n) is 1.42. The van der Waals surface area contributed by atoms with Crippen LogP contribution in [0.1, 0.15) is 21.8 Å². The highest BCUT2D eigenvalue weighted by Crippen LogP contribution is 2.09. The molecule has 0 aliphatic rings. The van der Waals surface area contributed by atoms with Crippen LogP contribution in [0.15, 0.2) is 23.7 Å². The van der Waals surface area contributed by atoms with Gasteiger partial charge in [-0.05, 0) is 11.4 Å². The van der Waals surface area contributed by atoms with Crippen LogP contribution in [0, 0.1) is 0 Å². The fourth-order valence-corrected chi connectivity index (χ4v) is 2.11. The van der Waals surface area contributed by atoms with Gasteiger partial charge in [0.2, 0.25) is 0 Å². The van der Waals surface area contributed by atoms with E-state index >= 15 is 0 Å². The Balaban J connectivity index is 1.89. The molecule has 0 unspecified atom stereocenters. The number of carboxylic acids is 1. The molecule has 7 nitrogen and oxygen atoms in total. The first-order valence-corrected chi connectivity index (χ1v) is 6.45. The lowest BCUT2D eigenvalue weighted by Gasteiger charge is -1.99. The van der Waals surface area contributed by atoms with Crippen LogP contribution in [-0.4, -0.2) is 38.5 Å². The largest absolute Gasteiger partial charge is 0.481 e. The standard InChI is InChI=1S/C11H12N4O3S/c16-10(17)3-4-12-11(18)9-7-15(14-13-9)6-8-2-1-5-19-8/h1-2,5,7H,3-4,6H2,(H,12,18)(H,16,17). The third-order valence-corrected chi connectivity index (χ3v) is 3.15. The van der Waals surface area contributed by atoms with E-state index in [1.165, 1.54) is 6.20 Å². The molecule has 8 heteroatoms. The summed E-state index contributed by atoms with van der Waals surface area (Å²) in [6.07, 6.45) is 1.42. The summed E-state index contributed by atoms with van der Waals surface area (Å²) in [5.74, 6) is -1.37. The Morgan fingerprint density at radius 3 is 3.00 bits per heavy atom. The molecule has 19 heavy (non-hydrogen) atoms. The first kappa shape index (κ1) is 13.2. The summed E-state index contributed by atoms with van der Waals surface area (Å²) in [6.45, 7) is 0.638. The summed E-state index contributed by atoms with van der Waals surface area (Å²) in [7, 11) is 0. The zero-order chi connectivity index (χ0) is 13.7. The van der Waals surface area contributed by atoms with Gasteiger partial charge in [0.05, 0.1) is 19.2 Å². The van der Waals surface area contributed by atoms with Crippen LogP contribution < -0.4 is 5.32 Å². The Bertz CT molecular complexity index is 564. The topological polar surface area (TPSA) is 97.1 Å². The van der Waals surface area contributed by atoms with Crippen LogP contribution in [0.3, 0.4) is 0 Å². The number of hydrogen-bond acceptors (Lipinski definition) is 5. The molecule has 2 aromatic heterocycles. The highest BCUT2D eigenvalue weighted by Gasteiger charge is 2.11. The van der Waals surface area contributed by atoms with Crippen molar-refractivity contribution in [3.63, 3.8) is 0 Å². The van der Waals surface area contributed by atoms with Crippen molar-refractivity contribution < 1.29 is 14.7 Å². The second kappa shape index (κ2) is 6.10. The van der Waals surface area contributed by atoms with Crippen molar-refractivity contribution in [2.24, 2.45) is 0 Å². The number of carboxylic acid groups (broad SMARTS) is 1. The van der Waals surface area contributed by atoms with Gasteiger partial charge >= 0.3 is 5.97 Å². The molecule has 2 aromatic rings. The molecule has 2 rings (SSSR count). The van der Waals surface area contributed by atoms with E-state index in [4.69, 9.17) is 5.11 Å². The van der Waals surface area contributed by atoms with E-state index < -0.39 is 11.9 Å². The van der Waals surface area contributed by atoms with Crippen molar-refractivity contribution in [2.45, 2.75) is 13.0 Å². The number of thiophene rings is 1. The minimum atomic E-state index is -0.957. The molecule has 100 valence electrons. The minimum absolute atomic E-state index is 0.0753. The molecule has 0 saturated carbocycles. The first-order chi connectivity index (χ1) is 9.15. The second-order valence-electron chi connectivity index (χ2n) is 3.78. The van der Waals surface area contributed by atoms with Gasteiger partial charge in [0.1, 0.15) is 0 Å². The summed E-state index contributed by atoms with van der Waals surface area (Å²) in [5, 5.41) is 20.5. The summed E-state index contributed by atoms with van der Waals surface area (Å²) < 4.78 is 1.57. The molecule has 0 aliphatic heterocycles. The summed E-state index contributed by atoms with van der Waals surface area (Å²) >= 11 is 1.60. The van der Waals surface area contributed by atoms with Crippen LogP contribution in [0.25, 0.3) is 0 Å². The van der Waals surface area contributed by atoms with Crippen LogP contribution in [0.2, 0.25) is 0 Å². The van der Waals surface area contributed by atoms with Gasteiger partial charge in [-0.3, -0.25) is 9.59 Å². The maximum Gasteiger partial charge on any atom is 0.305 e. The van der Waals surface area contributed by atoms with Gasteiger partial charge in [0.15, 0.2) is 5.69 Å². The summed E-state index contributed by atoms with van der Waals surface area (Å²) in [4.78, 5) is 23.1. The Hall–Kier alpha value is -2.22. The highest BCUT2D eigenvalue weighted by atomic mass is 32.1. The number of nitrogens with one attached hydrogen (secondary N) is 1. The molecule has 0 spiro atoms. The molecule has 0 aliphatic carbocycles. The van der Waals surface area contributed by atoms with Gasteiger partial charge in [-0.25, -0.2) is 4.68 Å². The zero-order valence-corrected chi connectivity index (χ0v) is 10.8. The van der Waals surface area contributed by atoms with Gasteiger partial charge in [0.25, 0.3) is 5.91 Å². The van der Waals surface area contributed by atoms with Crippen LogP contribution >= 0.6 is 11.3 Å². The lowest BCUT2D eigenvalue weighted by atomic mass is 10.4. The molecule has 0 atom stereocenters. The molecule has 0 aromatic carbocycles. The Morgan fingerprint density at radius 1 is 1.47 bits per heavy atom. The lowest BCUT2D eigenvalue weighted by Crippen LogP contribution is -2.26. The average Bonchev–Trinajstić information content (AvgIpc) is 3.00. The van der Waals surface area contributed by atoms with Crippen molar-refractivity contribution in [2.75, 3.05) is 6.54 Å². The average molecular weight is 280 g/mol. The molecule has 0 bridgehead atoms. The fraction of sp³-hybridized carbons (Fsp3) is 0.273. The number of carbonyl (C=O) groups excluding carboxylic acids is 1. The zero-order valence-electron chi connectivity index (χ0n) is 9.94. The Labute approximate surface area is 112 Å². The number of carbonyl (C=O) groups is 2. The Morgan fingerprint density at radius 2 is 2.32 bits per heavy atom. The van der Waals surface area contributed by atoms with Crippen LogP contribution in [0.5, 0.6) is 0 Å². The van der Waals surface area contributed by atoms with Crippen molar-refractivity contribution in [3.8, 4) is 0 Å². The van der Waals surface area contributed by atoms with E-state index in [1.54, 1.807) is 16.0 Å². The molecular weight excluding hydrogens is 268 g/mol. The van der Waals surface area contributed by atoms with Gasteiger partial charge in [-0.2, -0.15) is 0 Å². The number of aromatic nitrogens is 3. The van der Waals surface area contributed by atoms with Gasteiger partial charge in [-0.1, -0.05) is 11.3 Å². The molecule has 0 saturated heterocycles. The van der Waals surface area contributed by atoms with Crippen molar-refractivity contribution in [1.29, 1.82) is 0 Å². The monoisotopic (exact) mass is 280 g/mol. The summed E-state index contributed by atoms with van der Waals surface area (Å²) in [6, 6.07) is 3.91. The van der Waals surface area contributed by atoms with E-state index in [1.807, 2.05) is 17.5 Å². The van der Waals surface area contributed by atoms with Crippen molar-refractivity contribution in [1.82, 2.24) is 20.3 Å². The maximum atomic E-state index is 11.6. The maximum absolute atomic E-state index is 11.6. The van der Waals surface area contributed by atoms with E-state index in [-0.39, 0.29) is 18.7 Å². The smallest absolute Gasteiger partial charge is 0.305 e. The van der Waals surface area contributed by atoms with Crippen LogP contribution in [-0.2, 0) is 11.3 Å².